The number of aromatic nitrogens is 4. The zero-order valence-electron chi connectivity index (χ0n) is 10.8. The highest BCUT2D eigenvalue weighted by Crippen LogP contribution is 2.26. The van der Waals surface area contributed by atoms with E-state index in [1.165, 1.54) is 0 Å². The minimum atomic E-state index is 0.586. The predicted octanol–water partition coefficient (Wildman–Crippen LogP) is 2.87. The molecule has 0 atom stereocenters. The second kappa shape index (κ2) is 4.94. The molecule has 0 bridgehead atoms. The molecular weight excluding hydrogens is 274 g/mol. The molecule has 6 heteroatoms. The van der Waals surface area contributed by atoms with E-state index in [2.05, 4.69) is 15.5 Å². The second-order valence-electron chi connectivity index (χ2n) is 4.44. The van der Waals surface area contributed by atoms with Crippen LogP contribution in [0.25, 0.3) is 17.1 Å². The van der Waals surface area contributed by atoms with Crippen LogP contribution in [-0.4, -0.2) is 20.2 Å². The number of rotatable bonds is 2. The molecule has 1 aromatic heterocycles. The van der Waals surface area contributed by atoms with Crippen LogP contribution in [0.3, 0.4) is 0 Å². The molecule has 2 N–H and O–H groups in total. The topological polar surface area (TPSA) is 69.6 Å². The van der Waals surface area contributed by atoms with Crippen molar-refractivity contribution < 1.29 is 0 Å². The number of nitrogen functional groups attached to an aromatic ring is 1. The molecule has 0 aliphatic carbocycles. The van der Waals surface area contributed by atoms with Gasteiger partial charge in [-0.3, -0.25) is 0 Å². The standard InChI is InChI=1S/C14H12ClN5/c1-9-6-7-10(8-12(9)15)20-14(17-18-19-20)11-4-2-3-5-13(11)16/h2-8H,16H2,1H3. The van der Waals surface area contributed by atoms with Crippen molar-refractivity contribution in [2.75, 3.05) is 5.73 Å². The van der Waals surface area contributed by atoms with Gasteiger partial charge in [-0.1, -0.05) is 29.8 Å². The highest BCUT2D eigenvalue weighted by atomic mass is 35.5. The Hall–Kier alpha value is -2.40. The minimum Gasteiger partial charge on any atom is -0.398 e. The summed E-state index contributed by atoms with van der Waals surface area (Å²) < 4.78 is 1.62. The van der Waals surface area contributed by atoms with E-state index < -0.39 is 0 Å². The Morgan fingerprint density at radius 3 is 2.70 bits per heavy atom. The number of para-hydroxylation sites is 1. The highest BCUT2D eigenvalue weighted by molar-refractivity contribution is 6.31. The number of nitrogens with zero attached hydrogens (tertiary/aromatic N) is 4. The SMILES string of the molecule is Cc1ccc(-n2nnnc2-c2ccccc2N)cc1Cl. The molecule has 3 aromatic rings. The first-order valence-electron chi connectivity index (χ1n) is 6.06. The van der Waals surface area contributed by atoms with Crippen LogP contribution in [0.4, 0.5) is 5.69 Å². The molecule has 0 aliphatic rings. The van der Waals surface area contributed by atoms with Crippen LogP contribution in [0, 0.1) is 6.92 Å². The van der Waals surface area contributed by atoms with Crippen molar-refractivity contribution in [2.45, 2.75) is 6.92 Å². The quantitative estimate of drug-likeness (QED) is 0.735. The van der Waals surface area contributed by atoms with E-state index in [9.17, 15) is 0 Å². The van der Waals surface area contributed by atoms with Crippen LogP contribution in [0.2, 0.25) is 5.02 Å². The number of hydrogen-bond donors (Lipinski definition) is 1. The third kappa shape index (κ3) is 2.12. The Balaban J connectivity index is 2.15. The van der Waals surface area contributed by atoms with Crippen LogP contribution < -0.4 is 5.73 Å². The Kier molecular flexibility index (Phi) is 3.12. The minimum absolute atomic E-state index is 0.586. The summed E-state index contributed by atoms with van der Waals surface area (Å²) in [5.41, 5.74) is 9.19. The van der Waals surface area contributed by atoms with Crippen molar-refractivity contribution in [3.63, 3.8) is 0 Å². The third-order valence-corrected chi connectivity index (χ3v) is 3.48. The molecule has 100 valence electrons. The van der Waals surface area contributed by atoms with Gasteiger partial charge in [0.2, 0.25) is 0 Å². The third-order valence-electron chi connectivity index (χ3n) is 3.07. The van der Waals surface area contributed by atoms with E-state index >= 15 is 0 Å². The van der Waals surface area contributed by atoms with Gasteiger partial charge in [0, 0.05) is 16.3 Å². The monoisotopic (exact) mass is 285 g/mol. The summed E-state index contributed by atoms with van der Waals surface area (Å²) in [4.78, 5) is 0. The molecule has 0 fully saturated rings. The molecule has 0 aliphatic heterocycles. The maximum atomic E-state index is 6.15. The Morgan fingerprint density at radius 2 is 1.95 bits per heavy atom. The van der Waals surface area contributed by atoms with E-state index in [1.54, 1.807) is 4.68 Å². The first-order chi connectivity index (χ1) is 9.66. The number of benzene rings is 2. The number of anilines is 1. The Labute approximate surface area is 121 Å². The molecule has 0 spiro atoms. The molecule has 0 saturated heterocycles. The molecule has 0 radical (unpaired) electrons. The lowest BCUT2D eigenvalue weighted by molar-refractivity contribution is 0.791. The van der Waals surface area contributed by atoms with Gasteiger partial charge in [0.25, 0.3) is 0 Å². The molecule has 5 nitrogen and oxygen atoms in total. The number of aryl methyl sites for hydroxylation is 1. The lowest BCUT2D eigenvalue weighted by atomic mass is 10.1. The van der Waals surface area contributed by atoms with E-state index in [0.717, 1.165) is 16.8 Å². The maximum Gasteiger partial charge on any atom is 0.189 e. The van der Waals surface area contributed by atoms with E-state index in [-0.39, 0.29) is 0 Å². The summed E-state index contributed by atoms with van der Waals surface area (Å²) in [7, 11) is 0. The summed E-state index contributed by atoms with van der Waals surface area (Å²) in [5.74, 6) is 0.586. The first kappa shape index (κ1) is 12.6. The summed E-state index contributed by atoms with van der Waals surface area (Å²) in [6.07, 6.45) is 0. The smallest absolute Gasteiger partial charge is 0.189 e. The lowest BCUT2D eigenvalue weighted by Crippen LogP contribution is -2.01. The number of tetrazole rings is 1. The van der Waals surface area contributed by atoms with Crippen LogP contribution in [-0.2, 0) is 0 Å². The van der Waals surface area contributed by atoms with Crippen molar-refractivity contribution in [1.29, 1.82) is 0 Å². The molecule has 0 saturated carbocycles. The van der Waals surface area contributed by atoms with Gasteiger partial charge in [-0.25, -0.2) is 0 Å². The van der Waals surface area contributed by atoms with Crippen molar-refractivity contribution in [2.24, 2.45) is 0 Å². The Bertz CT molecular complexity index is 766. The second-order valence-corrected chi connectivity index (χ2v) is 4.84. The van der Waals surface area contributed by atoms with E-state index in [4.69, 9.17) is 17.3 Å². The lowest BCUT2D eigenvalue weighted by Gasteiger charge is -2.07. The van der Waals surface area contributed by atoms with Gasteiger partial charge in [0.05, 0.1) is 5.69 Å². The number of hydrogen-bond acceptors (Lipinski definition) is 4. The van der Waals surface area contributed by atoms with Gasteiger partial charge in [0.15, 0.2) is 5.82 Å². The van der Waals surface area contributed by atoms with Crippen molar-refractivity contribution >= 4 is 17.3 Å². The number of nitrogens with two attached hydrogens (primary N) is 1. The van der Waals surface area contributed by atoms with Gasteiger partial charge in [-0.2, -0.15) is 4.68 Å². The molecule has 20 heavy (non-hydrogen) atoms. The van der Waals surface area contributed by atoms with E-state index in [0.29, 0.717) is 16.5 Å². The molecular formula is C14H12ClN5. The van der Waals surface area contributed by atoms with E-state index in [1.807, 2.05) is 49.4 Å². The van der Waals surface area contributed by atoms with Crippen LogP contribution >= 0.6 is 11.6 Å². The van der Waals surface area contributed by atoms with Gasteiger partial charge in [-0.15, -0.1) is 5.10 Å². The van der Waals surface area contributed by atoms with Crippen molar-refractivity contribution in [3.05, 3.63) is 53.1 Å². The fourth-order valence-electron chi connectivity index (χ4n) is 1.94. The summed E-state index contributed by atoms with van der Waals surface area (Å²) in [5, 5.41) is 12.5. The average Bonchev–Trinajstić information content (AvgIpc) is 2.91. The van der Waals surface area contributed by atoms with Crippen LogP contribution in [0.15, 0.2) is 42.5 Å². The molecule has 2 aromatic carbocycles. The van der Waals surface area contributed by atoms with Gasteiger partial charge in [0.1, 0.15) is 0 Å². The molecule has 0 unspecified atom stereocenters. The zero-order chi connectivity index (χ0) is 14.1. The number of halogens is 1. The van der Waals surface area contributed by atoms with Gasteiger partial charge in [-0.05, 0) is 47.2 Å². The largest absolute Gasteiger partial charge is 0.398 e. The first-order valence-corrected chi connectivity index (χ1v) is 6.44. The molecule has 1 heterocycles. The maximum absolute atomic E-state index is 6.15. The summed E-state index contributed by atoms with van der Waals surface area (Å²) in [6, 6.07) is 13.1. The predicted molar refractivity (Wildman–Crippen MR) is 78.7 cm³/mol. The summed E-state index contributed by atoms with van der Waals surface area (Å²) >= 11 is 6.15. The Morgan fingerprint density at radius 1 is 1.15 bits per heavy atom. The average molecular weight is 286 g/mol. The van der Waals surface area contributed by atoms with Crippen molar-refractivity contribution in [3.8, 4) is 17.1 Å². The van der Waals surface area contributed by atoms with Gasteiger partial charge < -0.3 is 5.73 Å². The van der Waals surface area contributed by atoms with Crippen molar-refractivity contribution in [1.82, 2.24) is 20.2 Å². The normalized spacial score (nSPS) is 10.7. The fraction of sp³-hybridized carbons (Fsp3) is 0.0714. The van der Waals surface area contributed by atoms with Gasteiger partial charge >= 0.3 is 0 Å². The summed E-state index contributed by atoms with van der Waals surface area (Å²) in [6.45, 7) is 1.95. The highest BCUT2D eigenvalue weighted by Gasteiger charge is 2.13. The fourth-order valence-corrected chi connectivity index (χ4v) is 2.12. The van der Waals surface area contributed by atoms with Crippen LogP contribution in [0.5, 0.6) is 0 Å². The zero-order valence-corrected chi connectivity index (χ0v) is 11.5. The van der Waals surface area contributed by atoms with Crippen LogP contribution in [0.1, 0.15) is 5.56 Å². The molecule has 0 amide bonds. The molecule has 3 rings (SSSR count).